The average Bonchev–Trinajstić information content (AvgIpc) is 3.12. The fourth-order valence-electron chi connectivity index (χ4n) is 3.40. The average molecular weight is 357 g/mol. The minimum atomic E-state index is 0.315. The van der Waals surface area contributed by atoms with Crippen LogP contribution in [0.3, 0.4) is 0 Å². The van der Waals surface area contributed by atoms with Gasteiger partial charge < -0.3 is 25.0 Å². The van der Waals surface area contributed by atoms with E-state index in [1.54, 1.807) is 0 Å². The molecule has 0 aliphatic carbocycles. The van der Waals surface area contributed by atoms with Gasteiger partial charge in [0.25, 0.3) is 0 Å². The van der Waals surface area contributed by atoms with Crippen molar-refractivity contribution in [2.45, 2.75) is 58.1 Å². The van der Waals surface area contributed by atoms with Gasteiger partial charge in [-0.3, -0.25) is 4.99 Å². The Morgan fingerprint density at radius 1 is 1.28 bits per heavy atom. The standard InChI is InChI=1S/C19H40N4O2/c1-6-16(7-2)18(23(4)5)14-22-19(20-3)21-11-9-12-24-15-17-10-8-13-25-17/h16-18H,6-15H2,1-5H3,(H2,20,21,22). The zero-order chi connectivity index (χ0) is 18.5. The minimum Gasteiger partial charge on any atom is -0.379 e. The lowest BCUT2D eigenvalue weighted by molar-refractivity contribution is 0.0168. The second kappa shape index (κ2) is 13.4. The smallest absolute Gasteiger partial charge is 0.191 e. The molecule has 0 aromatic rings. The zero-order valence-corrected chi connectivity index (χ0v) is 17.0. The Morgan fingerprint density at radius 2 is 2.04 bits per heavy atom. The summed E-state index contributed by atoms with van der Waals surface area (Å²) in [6.45, 7) is 8.70. The monoisotopic (exact) mass is 356 g/mol. The van der Waals surface area contributed by atoms with Crippen molar-refractivity contribution in [1.82, 2.24) is 15.5 Å². The molecule has 1 aliphatic rings. The van der Waals surface area contributed by atoms with Gasteiger partial charge in [0.1, 0.15) is 0 Å². The highest BCUT2D eigenvalue weighted by Crippen LogP contribution is 2.16. The molecule has 6 nitrogen and oxygen atoms in total. The van der Waals surface area contributed by atoms with E-state index < -0.39 is 0 Å². The molecule has 1 rings (SSSR count). The summed E-state index contributed by atoms with van der Waals surface area (Å²) in [7, 11) is 6.14. The molecule has 1 aliphatic heterocycles. The fraction of sp³-hybridized carbons (Fsp3) is 0.947. The first kappa shape index (κ1) is 22.2. The first-order valence-electron chi connectivity index (χ1n) is 9.92. The molecule has 6 heteroatoms. The number of hydrogen-bond acceptors (Lipinski definition) is 4. The molecule has 25 heavy (non-hydrogen) atoms. The molecular weight excluding hydrogens is 316 g/mol. The van der Waals surface area contributed by atoms with E-state index in [0.29, 0.717) is 18.1 Å². The van der Waals surface area contributed by atoms with E-state index in [4.69, 9.17) is 9.47 Å². The Hall–Kier alpha value is -0.850. The number of likely N-dealkylation sites (N-methyl/N-ethyl adjacent to an activating group) is 1. The Labute approximate surface area is 154 Å². The van der Waals surface area contributed by atoms with E-state index in [2.05, 4.69) is 48.5 Å². The van der Waals surface area contributed by atoms with Gasteiger partial charge in [0, 0.05) is 39.4 Å². The lowest BCUT2D eigenvalue weighted by Crippen LogP contribution is -2.48. The molecule has 148 valence electrons. The second-order valence-electron chi connectivity index (χ2n) is 7.05. The molecular formula is C19H40N4O2. The van der Waals surface area contributed by atoms with Gasteiger partial charge in [0.15, 0.2) is 5.96 Å². The van der Waals surface area contributed by atoms with Crippen LogP contribution in [-0.4, -0.2) is 77.1 Å². The predicted molar refractivity (Wildman–Crippen MR) is 105 cm³/mol. The lowest BCUT2D eigenvalue weighted by atomic mass is 9.93. The summed E-state index contributed by atoms with van der Waals surface area (Å²) in [6, 6.07) is 0.517. The van der Waals surface area contributed by atoms with Gasteiger partial charge in [0.05, 0.1) is 12.7 Å². The SMILES string of the molecule is CCC(CC)C(CNC(=NC)NCCCOCC1CCCO1)N(C)C. The first-order chi connectivity index (χ1) is 12.1. The number of rotatable bonds is 12. The molecule has 0 aromatic heterocycles. The normalized spacial score (nSPS) is 19.6. The number of nitrogens with one attached hydrogen (secondary N) is 2. The van der Waals surface area contributed by atoms with E-state index in [1.165, 1.54) is 19.3 Å². The van der Waals surface area contributed by atoms with Crippen molar-refractivity contribution in [2.24, 2.45) is 10.9 Å². The fourth-order valence-corrected chi connectivity index (χ4v) is 3.40. The molecule has 1 fully saturated rings. The van der Waals surface area contributed by atoms with Crippen molar-refractivity contribution in [2.75, 3.05) is 54.1 Å². The van der Waals surface area contributed by atoms with Gasteiger partial charge in [-0.25, -0.2) is 0 Å². The summed E-state index contributed by atoms with van der Waals surface area (Å²) in [4.78, 5) is 6.64. The van der Waals surface area contributed by atoms with E-state index in [9.17, 15) is 0 Å². The van der Waals surface area contributed by atoms with E-state index in [-0.39, 0.29) is 0 Å². The van der Waals surface area contributed by atoms with Gasteiger partial charge in [-0.2, -0.15) is 0 Å². The summed E-state index contributed by atoms with van der Waals surface area (Å²) < 4.78 is 11.2. The van der Waals surface area contributed by atoms with Crippen LogP contribution in [0.15, 0.2) is 4.99 Å². The molecule has 0 aromatic carbocycles. The highest BCUT2D eigenvalue weighted by Gasteiger charge is 2.20. The third kappa shape index (κ3) is 8.88. The maximum absolute atomic E-state index is 5.69. The molecule has 1 saturated heterocycles. The minimum absolute atomic E-state index is 0.315. The van der Waals surface area contributed by atoms with Gasteiger partial charge >= 0.3 is 0 Å². The lowest BCUT2D eigenvalue weighted by Gasteiger charge is -2.32. The quantitative estimate of drug-likeness (QED) is 0.319. The van der Waals surface area contributed by atoms with Crippen LogP contribution in [0.4, 0.5) is 0 Å². The third-order valence-electron chi connectivity index (χ3n) is 5.04. The number of ether oxygens (including phenoxy) is 2. The Kier molecular flexibility index (Phi) is 11.9. The summed E-state index contributed by atoms with van der Waals surface area (Å²) >= 11 is 0. The van der Waals surface area contributed by atoms with Gasteiger partial charge in [-0.1, -0.05) is 26.7 Å². The van der Waals surface area contributed by atoms with Crippen molar-refractivity contribution in [3.8, 4) is 0 Å². The van der Waals surface area contributed by atoms with Crippen LogP contribution in [0.5, 0.6) is 0 Å². The van der Waals surface area contributed by atoms with Crippen LogP contribution in [0.25, 0.3) is 0 Å². The van der Waals surface area contributed by atoms with Crippen LogP contribution in [0, 0.1) is 5.92 Å². The second-order valence-corrected chi connectivity index (χ2v) is 7.05. The van der Waals surface area contributed by atoms with Gasteiger partial charge in [-0.05, 0) is 39.3 Å². The van der Waals surface area contributed by atoms with E-state index >= 15 is 0 Å². The van der Waals surface area contributed by atoms with Crippen LogP contribution in [-0.2, 0) is 9.47 Å². The summed E-state index contributed by atoms with van der Waals surface area (Å²) in [5, 5.41) is 6.85. The van der Waals surface area contributed by atoms with Crippen LogP contribution < -0.4 is 10.6 Å². The van der Waals surface area contributed by atoms with Crippen molar-refractivity contribution >= 4 is 5.96 Å². The molecule has 0 bridgehead atoms. The summed E-state index contributed by atoms with van der Waals surface area (Å²) in [6.07, 6.45) is 6.00. The molecule has 0 amide bonds. The molecule has 0 radical (unpaired) electrons. The summed E-state index contributed by atoms with van der Waals surface area (Å²) in [5.41, 5.74) is 0. The molecule has 2 N–H and O–H groups in total. The van der Waals surface area contributed by atoms with E-state index in [0.717, 1.165) is 51.7 Å². The van der Waals surface area contributed by atoms with Crippen LogP contribution >= 0.6 is 0 Å². The number of aliphatic imine (C=N–C) groups is 1. The Balaban J connectivity index is 2.17. The predicted octanol–water partition coefficient (Wildman–Crippen LogP) is 2.10. The maximum Gasteiger partial charge on any atom is 0.191 e. The topological polar surface area (TPSA) is 58.1 Å². The van der Waals surface area contributed by atoms with Crippen molar-refractivity contribution < 1.29 is 9.47 Å². The summed E-state index contributed by atoms with van der Waals surface area (Å²) in [5.74, 6) is 1.57. The Bertz CT molecular complexity index is 353. The maximum atomic E-state index is 5.69. The highest BCUT2D eigenvalue weighted by atomic mass is 16.5. The molecule has 2 unspecified atom stereocenters. The number of hydrogen-bond donors (Lipinski definition) is 2. The van der Waals surface area contributed by atoms with Crippen molar-refractivity contribution in [3.05, 3.63) is 0 Å². The number of nitrogens with zero attached hydrogens (tertiary/aromatic N) is 2. The number of guanidine groups is 1. The third-order valence-corrected chi connectivity index (χ3v) is 5.04. The molecule has 0 spiro atoms. The Morgan fingerprint density at radius 3 is 2.60 bits per heavy atom. The van der Waals surface area contributed by atoms with Crippen molar-refractivity contribution in [3.63, 3.8) is 0 Å². The van der Waals surface area contributed by atoms with E-state index in [1.807, 2.05) is 7.05 Å². The largest absolute Gasteiger partial charge is 0.379 e. The zero-order valence-electron chi connectivity index (χ0n) is 17.0. The van der Waals surface area contributed by atoms with Gasteiger partial charge in [-0.15, -0.1) is 0 Å². The molecule has 0 saturated carbocycles. The van der Waals surface area contributed by atoms with Crippen LogP contribution in [0.1, 0.15) is 46.0 Å². The molecule has 2 atom stereocenters. The van der Waals surface area contributed by atoms with Gasteiger partial charge in [0.2, 0.25) is 0 Å². The first-order valence-corrected chi connectivity index (χ1v) is 9.92. The molecule has 1 heterocycles. The van der Waals surface area contributed by atoms with Crippen LogP contribution in [0.2, 0.25) is 0 Å². The van der Waals surface area contributed by atoms with Crippen molar-refractivity contribution in [1.29, 1.82) is 0 Å². The highest BCUT2D eigenvalue weighted by molar-refractivity contribution is 5.79.